The van der Waals surface area contributed by atoms with Crippen LogP contribution < -0.4 is 5.32 Å². The number of nitrogens with one attached hydrogen (secondary N) is 2. The maximum Gasteiger partial charge on any atom is 0.232 e. The molecule has 0 aliphatic rings. The van der Waals surface area contributed by atoms with Gasteiger partial charge in [-0.3, -0.25) is 5.10 Å². The number of anilines is 2. The first-order valence-corrected chi connectivity index (χ1v) is 7.70. The van der Waals surface area contributed by atoms with E-state index in [0.717, 1.165) is 16.1 Å². The summed E-state index contributed by atoms with van der Waals surface area (Å²) in [5.41, 5.74) is 2.09. The third-order valence-electron chi connectivity index (χ3n) is 3.03. The minimum Gasteiger partial charge on any atom is -0.323 e. The van der Waals surface area contributed by atoms with E-state index in [9.17, 15) is 0 Å². The smallest absolute Gasteiger partial charge is 0.232 e. The Morgan fingerprint density at radius 3 is 2.68 bits per heavy atom. The number of rotatable bonds is 3. The average Bonchev–Trinajstić information content (AvgIpc) is 3.07. The molecule has 0 aliphatic heterocycles. The molecule has 0 spiro atoms. The molecule has 3 rings (SSSR count). The number of pyridine rings is 1. The second-order valence-electron chi connectivity index (χ2n) is 4.78. The SMILES string of the molecule is [C-]#[N+]c1c(-c2ccc(C)s2)cc(Nc2cc(C)[nH]n2)nc1Cl. The molecule has 5 nitrogen and oxygen atoms in total. The van der Waals surface area contributed by atoms with Crippen LogP contribution >= 0.6 is 22.9 Å². The Morgan fingerprint density at radius 2 is 2.09 bits per heavy atom. The Kier molecular flexibility index (Phi) is 3.84. The van der Waals surface area contributed by atoms with Gasteiger partial charge in [0.1, 0.15) is 11.0 Å². The normalized spacial score (nSPS) is 10.5. The van der Waals surface area contributed by atoms with E-state index in [-0.39, 0.29) is 5.15 Å². The average molecular weight is 330 g/mol. The minimum atomic E-state index is 0.188. The van der Waals surface area contributed by atoms with E-state index in [1.54, 1.807) is 11.3 Å². The Morgan fingerprint density at radius 1 is 1.27 bits per heavy atom. The van der Waals surface area contributed by atoms with E-state index in [0.29, 0.717) is 17.3 Å². The highest BCUT2D eigenvalue weighted by molar-refractivity contribution is 7.15. The summed E-state index contributed by atoms with van der Waals surface area (Å²) in [5.74, 6) is 1.22. The molecular weight excluding hydrogens is 318 g/mol. The highest BCUT2D eigenvalue weighted by atomic mass is 35.5. The maximum absolute atomic E-state index is 7.34. The molecule has 0 fully saturated rings. The molecule has 3 aromatic heterocycles. The molecule has 0 bridgehead atoms. The van der Waals surface area contributed by atoms with Gasteiger partial charge in [-0.1, -0.05) is 11.6 Å². The van der Waals surface area contributed by atoms with Gasteiger partial charge < -0.3 is 5.32 Å². The van der Waals surface area contributed by atoms with Gasteiger partial charge in [0, 0.05) is 27.1 Å². The molecular formula is C15H12ClN5S. The number of hydrogen-bond donors (Lipinski definition) is 2. The zero-order valence-electron chi connectivity index (χ0n) is 11.9. The van der Waals surface area contributed by atoms with Crippen molar-refractivity contribution in [1.82, 2.24) is 15.2 Å². The Labute approximate surface area is 136 Å². The molecule has 3 aromatic rings. The Hall–Kier alpha value is -2.36. The van der Waals surface area contributed by atoms with Crippen molar-refractivity contribution < 1.29 is 0 Å². The summed E-state index contributed by atoms with van der Waals surface area (Å²) < 4.78 is 0. The number of aryl methyl sites for hydroxylation is 2. The number of nitrogens with zero attached hydrogens (tertiary/aromatic N) is 3. The summed E-state index contributed by atoms with van der Waals surface area (Å²) in [7, 11) is 0. The van der Waals surface area contributed by atoms with Crippen molar-refractivity contribution in [2.75, 3.05) is 5.32 Å². The van der Waals surface area contributed by atoms with Crippen LogP contribution in [0, 0.1) is 20.4 Å². The fourth-order valence-corrected chi connectivity index (χ4v) is 3.18. The van der Waals surface area contributed by atoms with Gasteiger partial charge in [-0.25, -0.2) is 9.83 Å². The van der Waals surface area contributed by atoms with Crippen molar-refractivity contribution in [2.24, 2.45) is 0 Å². The van der Waals surface area contributed by atoms with E-state index < -0.39 is 0 Å². The van der Waals surface area contributed by atoms with Crippen LogP contribution in [-0.2, 0) is 0 Å². The first-order chi connectivity index (χ1) is 10.6. The number of thiophene rings is 1. The summed E-state index contributed by atoms with van der Waals surface area (Å²) in [6.45, 7) is 11.3. The molecule has 110 valence electrons. The van der Waals surface area contributed by atoms with Crippen molar-refractivity contribution in [2.45, 2.75) is 13.8 Å². The van der Waals surface area contributed by atoms with Crippen LogP contribution in [0.15, 0.2) is 24.3 Å². The lowest BCUT2D eigenvalue weighted by atomic mass is 10.2. The number of H-pyrrole nitrogens is 1. The number of aromatic amines is 1. The van der Waals surface area contributed by atoms with Gasteiger partial charge >= 0.3 is 0 Å². The number of halogens is 1. The summed E-state index contributed by atoms with van der Waals surface area (Å²) in [6.07, 6.45) is 0. The highest BCUT2D eigenvalue weighted by Crippen LogP contribution is 2.40. The van der Waals surface area contributed by atoms with Crippen LogP contribution in [0.4, 0.5) is 17.3 Å². The van der Waals surface area contributed by atoms with Crippen molar-refractivity contribution in [3.8, 4) is 10.4 Å². The fraction of sp³-hybridized carbons (Fsp3) is 0.133. The second kappa shape index (κ2) is 5.79. The second-order valence-corrected chi connectivity index (χ2v) is 6.42. The molecule has 0 amide bonds. The summed E-state index contributed by atoms with van der Waals surface area (Å²) in [4.78, 5) is 9.93. The van der Waals surface area contributed by atoms with E-state index in [1.807, 2.05) is 38.1 Å². The Balaban J connectivity index is 2.06. The monoisotopic (exact) mass is 329 g/mol. The molecule has 3 heterocycles. The molecule has 0 atom stereocenters. The zero-order chi connectivity index (χ0) is 15.7. The summed E-state index contributed by atoms with van der Waals surface area (Å²) in [6, 6.07) is 7.71. The number of aromatic nitrogens is 3. The van der Waals surface area contributed by atoms with E-state index in [2.05, 4.69) is 25.3 Å². The quantitative estimate of drug-likeness (QED) is 0.519. The van der Waals surface area contributed by atoms with Crippen LogP contribution in [0.3, 0.4) is 0 Å². The summed E-state index contributed by atoms with van der Waals surface area (Å²) >= 11 is 7.79. The van der Waals surface area contributed by atoms with Crippen molar-refractivity contribution in [1.29, 1.82) is 0 Å². The van der Waals surface area contributed by atoms with Crippen LogP contribution in [0.5, 0.6) is 0 Å². The van der Waals surface area contributed by atoms with Gasteiger partial charge in [0.25, 0.3) is 0 Å². The minimum absolute atomic E-state index is 0.188. The predicted molar refractivity (Wildman–Crippen MR) is 90.2 cm³/mol. The molecule has 0 radical (unpaired) electrons. The van der Waals surface area contributed by atoms with Gasteiger partial charge in [-0.2, -0.15) is 5.10 Å². The lowest BCUT2D eigenvalue weighted by Gasteiger charge is -2.08. The molecule has 7 heteroatoms. The van der Waals surface area contributed by atoms with E-state index >= 15 is 0 Å². The lowest BCUT2D eigenvalue weighted by molar-refractivity contribution is 1.05. The van der Waals surface area contributed by atoms with Crippen molar-refractivity contribution in [3.05, 3.63) is 51.4 Å². The van der Waals surface area contributed by atoms with Crippen LogP contribution in [0.2, 0.25) is 5.15 Å². The topological polar surface area (TPSA) is 58.0 Å². The van der Waals surface area contributed by atoms with Gasteiger partial charge in [-0.15, -0.1) is 11.3 Å². The summed E-state index contributed by atoms with van der Waals surface area (Å²) in [5, 5.41) is 10.3. The largest absolute Gasteiger partial charge is 0.323 e. The van der Waals surface area contributed by atoms with Crippen molar-refractivity contribution in [3.63, 3.8) is 0 Å². The first kappa shape index (κ1) is 14.6. The highest BCUT2D eigenvalue weighted by Gasteiger charge is 2.15. The van der Waals surface area contributed by atoms with Gasteiger partial charge in [0.05, 0.1) is 6.57 Å². The van der Waals surface area contributed by atoms with E-state index in [1.165, 1.54) is 4.88 Å². The fourth-order valence-electron chi connectivity index (χ4n) is 2.06. The molecule has 0 unspecified atom stereocenters. The molecule has 0 aliphatic carbocycles. The first-order valence-electron chi connectivity index (χ1n) is 6.50. The predicted octanol–water partition coefficient (Wildman–Crippen LogP) is 5.10. The standard InChI is InChI=1S/C15H12ClN5S/c1-8-6-13(21-20-8)18-12-7-10(11-5-4-9(2)22-11)14(17-3)15(16)19-12/h4-7H,1-2H3,(H2,18,19,20,21). The third kappa shape index (κ3) is 2.82. The zero-order valence-corrected chi connectivity index (χ0v) is 13.5. The third-order valence-corrected chi connectivity index (χ3v) is 4.33. The van der Waals surface area contributed by atoms with Gasteiger partial charge in [0.2, 0.25) is 5.69 Å². The van der Waals surface area contributed by atoms with Crippen molar-refractivity contribution >= 4 is 40.3 Å². The lowest BCUT2D eigenvalue weighted by Crippen LogP contribution is -1.95. The maximum atomic E-state index is 7.34. The molecule has 0 aromatic carbocycles. The van der Waals surface area contributed by atoms with Gasteiger partial charge in [0.15, 0.2) is 5.82 Å². The van der Waals surface area contributed by atoms with Crippen LogP contribution in [-0.4, -0.2) is 15.2 Å². The molecule has 0 saturated carbocycles. The van der Waals surface area contributed by atoms with E-state index in [4.69, 9.17) is 18.2 Å². The number of hydrogen-bond acceptors (Lipinski definition) is 4. The molecule has 0 saturated heterocycles. The molecule has 22 heavy (non-hydrogen) atoms. The van der Waals surface area contributed by atoms with Crippen LogP contribution in [0.25, 0.3) is 15.3 Å². The van der Waals surface area contributed by atoms with Gasteiger partial charge in [-0.05, 0) is 32.0 Å². The Bertz CT molecular complexity index is 874. The molecule has 2 N–H and O–H groups in total. The van der Waals surface area contributed by atoms with Crippen LogP contribution in [0.1, 0.15) is 10.6 Å².